The quantitative estimate of drug-likeness (QED) is 0.0869. The van der Waals surface area contributed by atoms with E-state index in [2.05, 4.69) is 116 Å². The highest BCUT2D eigenvalue weighted by atomic mass is 16.5. The van der Waals surface area contributed by atoms with E-state index in [1.54, 1.807) is 0 Å². The number of hydrogen-bond acceptors (Lipinski definition) is 4. The minimum absolute atomic E-state index is 0. The molecular weight excluding hydrogens is 691 g/mol. The van der Waals surface area contributed by atoms with E-state index in [-0.39, 0.29) is 41.5 Å². The Bertz CT molecular complexity index is 2080. The molecule has 2 heterocycles. The summed E-state index contributed by atoms with van der Waals surface area (Å²) in [5, 5.41) is 4.43. The summed E-state index contributed by atoms with van der Waals surface area (Å²) in [6, 6.07) is 38.5. The number of ether oxygens (including phenoxy) is 1. The van der Waals surface area contributed by atoms with Crippen molar-refractivity contribution in [2.24, 2.45) is 5.92 Å². The van der Waals surface area contributed by atoms with Gasteiger partial charge in [-0.15, -0.1) is 0 Å². The van der Waals surface area contributed by atoms with Crippen LogP contribution in [0.4, 0.5) is 5.69 Å². The van der Waals surface area contributed by atoms with E-state index in [0.717, 1.165) is 35.8 Å². The molecule has 6 nitrogen and oxygen atoms in total. The van der Waals surface area contributed by atoms with Crippen molar-refractivity contribution in [3.63, 3.8) is 0 Å². The number of para-hydroxylation sites is 2. The molecular formula is C50H69N3O3. The van der Waals surface area contributed by atoms with Gasteiger partial charge in [-0.1, -0.05) is 129 Å². The second kappa shape index (κ2) is 21.4. The van der Waals surface area contributed by atoms with Gasteiger partial charge in [0, 0.05) is 82.2 Å². The largest absolute Gasteiger partial charge is 0.380 e. The van der Waals surface area contributed by atoms with Gasteiger partial charge in [-0.2, -0.15) is 0 Å². The first kappa shape index (κ1) is 47.2. The minimum atomic E-state index is -0.187. The second-order valence-corrected chi connectivity index (χ2v) is 14.4. The topological polar surface area (TPSA) is 54.8 Å². The van der Waals surface area contributed by atoms with Crippen LogP contribution in [0.1, 0.15) is 122 Å². The van der Waals surface area contributed by atoms with Crippen LogP contribution in [0.15, 0.2) is 109 Å². The van der Waals surface area contributed by atoms with Gasteiger partial charge in [0.05, 0.1) is 6.61 Å². The van der Waals surface area contributed by atoms with Crippen molar-refractivity contribution in [2.45, 2.75) is 95.5 Å². The third-order valence-corrected chi connectivity index (χ3v) is 10.5. The molecule has 1 aliphatic rings. The summed E-state index contributed by atoms with van der Waals surface area (Å²) >= 11 is 0. The number of amides is 2. The highest BCUT2D eigenvalue weighted by molar-refractivity contribution is 6.26. The Labute approximate surface area is 338 Å². The predicted octanol–water partition coefficient (Wildman–Crippen LogP) is 13.4. The number of benzene rings is 5. The number of carbonyl (C=O) groups excluding carboxylic acids is 2. The van der Waals surface area contributed by atoms with Gasteiger partial charge in [0.1, 0.15) is 0 Å². The van der Waals surface area contributed by atoms with E-state index in [4.69, 9.17) is 4.74 Å². The molecule has 2 unspecified atom stereocenters. The van der Waals surface area contributed by atoms with Crippen LogP contribution in [-0.4, -0.2) is 54.6 Å². The highest BCUT2D eigenvalue weighted by Crippen LogP contribution is 2.37. The predicted molar refractivity (Wildman–Crippen MR) is 244 cm³/mol. The fourth-order valence-corrected chi connectivity index (χ4v) is 7.73. The Morgan fingerprint density at radius 3 is 1.79 bits per heavy atom. The van der Waals surface area contributed by atoms with Gasteiger partial charge >= 0.3 is 0 Å². The van der Waals surface area contributed by atoms with Crippen molar-refractivity contribution in [2.75, 3.05) is 38.3 Å². The molecule has 0 radical (unpaired) electrons. The summed E-state index contributed by atoms with van der Waals surface area (Å²) in [7, 11) is 2.00. The zero-order valence-electron chi connectivity index (χ0n) is 31.6. The minimum Gasteiger partial charge on any atom is -0.380 e. The Balaban J connectivity index is 0.000000362. The maximum atomic E-state index is 13.0. The molecule has 0 bridgehead atoms. The van der Waals surface area contributed by atoms with Crippen LogP contribution < -0.4 is 4.90 Å². The monoisotopic (exact) mass is 760 g/mol. The second-order valence-electron chi connectivity index (χ2n) is 14.4. The van der Waals surface area contributed by atoms with E-state index in [1.807, 2.05) is 44.3 Å². The Morgan fingerprint density at radius 1 is 0.661 bits per heavy atom. The van der Waals surface area contributed by atoms with Gasteiger partial charge < -0.3 is 14.2 Å². The molecule has 1 aliphatic heterocycles. The molecule has 302 valence electrons. The molecule has 7 rings (SSSR count). The van der Waals surface area contributed by atoms with Crippen LogP contribution in [0.2, 0.25) is 0 Å². The average molecular weight is 760 g/mol. The lowest BCUT2D eigenvalue weighted by Gasteiger charge is -2.29. The first-order chi connectivity index (χ1) is 25.2. The van der Waals surface area contributed by atoms with Crippen molar-refractivity contribution in [1.29, 1.82) is 0 Å². The number of aromatic nitrogens is 1. The van der Waals surface area contributed by atoms with Crippen molar-refractivity contribution < 1.29 is 14.3 Å². The number of likely N-dealkylation sites (N-methyl/N-ethyl adjacent to an activating group) is 1. The summed E-state index contributed by atoms with van der Waals surface area (Å²) in [6.45, 7) is 13.4. The van der Waals surface area contributed by atoms with Crippen molar-refractivity contribution in [3.8, 4) is 0 Å². The molecule has 0 aliphatic carbocycles. The molecule has 0 N–H and O–H groups in total. The summed E-state index contributed by atoms with van der Waals surface area (Å²) in [6.07, 6.45) is 3.13. The Hall–Kier alpha value is -4.94. The van der Waals surface area contributed by atoms with Gasteiger partial charge in [-0.05, 0) is 80.8 Å². The molecule has 6 aromatic rings. The molecule has 2 amide bonds. The van der Waals surface area contributed by atoms with Crippen LogP contribution >= 0.6 is 0 Å². The summed E-state index contributed by atoms with van der Waals surface area (Å²) in [4.78, 5) is 29.5. The van der Waals surface area contributed by atoms with Crippen LogP contribution in [-0.2, 0) is 4.74 Å². The molecule has 0 fully saturated rings. The summed E-state index contributed by atoms with van der Waals surface area (Å²) < 4.78 is 7.99. The molecule has 0 spiro atoms. The molecule has 1 aromatic heterocycles. The van der Waals surface area contributed by atoms with Crippen LogP contribution in [0.3, 0.4) is 0 Å². The zero-order chi connectivity index (χ0) is 36.8. The molecule has 2 atom stereocenters. The summed E-state index contributed by atoms with van der Waals surface area (Å²) in [5.74, 6) is 0.654. The molecule has 56 heavy (non-hydrogen) atoms. The fourth-order valence-electron chi connectivity index (χ4n) is 7.73. The maximum absolute atomic E-state index is 13.0. The number of nitrogens with zero attached hydrogens (tertiary/aromatic N) is 3. The number of anilines is 1. The smallest absolute Gasteiger partial charge is 0.261 e. The van der Waals surface area contributed by atoms with Gasteiger partial charge in [-0.3, -0.25) is 14.5 Å². The lowest BCUT2D eigenvalue weighted by molar-refractivity contribution is 0.0604. The first-order valence-corrected chi connectivity index (χ1v) is 19.0. The maximum Gasteiger partial charge on any atom is 0.261 e. The third-order valence-electron chi connectivity index (χ3n) is 10.5. The van der Waals surface area contributed by atoms with Gasteiger partial charge in [0.15, 0.2) is 0 Å². The normalized spacial score (nSPS) is 12.9. The SMILES string of the molecule is C.C.C.C.CCC(CC(C)n1c2ccccc2c2ccccc21)c1ccccc1.CCOCCN(C)c1ccc2c3c(cccc13)C(=O)N(CCC(C)C)C2=O. The average Bonchev–Trinajstić information content (AvgIpc) is 3.51. The van der Waals surface area contributed by atoms with Crippen LogP contribution in [0, 0.1) is 5.92 Å². The zero-order valence-corrected chi connectivity index (χ0v) is 31.6. The van der Waals surface area contributed by atoms with E-state index in [1.165, 1.54) is 38.7 Å². The van der Waals surface area contributed by atoms with Gasteiger partial charge in [0.2, 0.25) is 0 Å². The van der Waals surface area contributed by atoms with Crippen LogP contribution in [0.5, 0.6) is 0 Å². The van der Waals surface area contributed by atoms with Gasteiger partial charge in [-0.25, -0.2) is 0 Å². The summed E-state index contributed by atoms with van der Waals surface area (Å²) in [5.41, 5.74) is 6.39. The Morgan fingerprint density at radius 2 is 1.21 bits per heavy atom. The van der Waals surface area contributed by atoms with Crippen LogP contribution in [0.25, 0.3) is 32.6 Å². The first-order valence-electron chi connectivity index (χ1n) is 19.0. The number of imide groups is 1. The highest BCUT2D eigenvalue weighted by Gasteiger charge is 2.33. The van der Waals surface area contributed by atoms with E-state index in [0.29, 0.717) is 48.8 Å². The number of fused-ring (bicyclic) bond motifs is 3. The van der Waals surface area contributed by atoms with Crippen molar-refractivity contribution >= 4 is 50.1 Å². The van der Waals surface area contributed by atoms with Gasteiger partial charge in [0.25, 0.3) is 11.8 Å². The van der Waals surface area contributed by atoms with E-state index in [9.17, 15) is 9.59 Å². The Kier molecular flexibility index (Phi) is 18.0. The molecule has 5 aromatic carbocycles. The van der Waals surface area contributed by atoms with E-state index < -0.39 is 0 Å². The standard InChI is InChI=1S/C24H25N.C22H28N2O3.4CH4/c1-3-19(20-11-5-4-6-12-20)17-18(2)25-23-15-9-7-13-21(23)22-14-8-10-16-24(22)25;1-5-27-14-13-23(4)19-10-9-18-20-16(19)7-6-8-17(20)21(25)24(22(18)26)12-11-15(2)3;;;;/h4-16,18-19H,3,17H2,1-2H3;6-10,15H,5,11-14H2,1-4H3;4*1H4. The third kappa shape index (κ3) is 9.70. The number of hydrogen-bond donors (Lipinski definition) is 0. The molecule has 0 saturated heterocycles. The lowest BCUT2D eigenvalue weighted by atomic mass is 9.90. The van der Waals surface area contributed by atoms with Crippen molar-refractivity contribution in [1.82, 2.24) is 9.47 Å². The molecule has 6 heteroatoms. The number of rotatable bonds is 13. The lowest BCUT2D eigenvalue weighted by Crippen LogP contribution is -2.41. The molecule has 0 saturated carbocycles. The van der Waals surface area contributed by atoms with E-state index >= 15 is 0 Å². The number of carbonyl (C=O) groups is 2. The fraction of sp³-hybridized carbons (Fsp3) is 0.400. The van der Waals surface area contributed by atoms with Crippen molar-refractivity contribution in [3.05, 3.63) is 126 Å².